The first-order valence-corrected chi connectivity index (χ1v) is 10.5. The molecule has 28 heavy (non-hydrogen) atoms. The molecular formula is C19H18BrClN4O2S. The van der Waals surface area contributed by atoms with E-state index in [1.807, 2.05) is 42.8 Å². The van der Waals surface area contributed by atoms with Gasteiger partial charge in [0.1, 0.15) is 12.4 Å². The number of aryl methyl sites for hydroxylation is 1. The molecule has 0 atom stereocenters. The first-order valence-electron chi connectivity index (χ1n) is 8.38. The second-order valence-electron chi connectivity index (χ2n) is 5.98. The lowest BCUT2D eigenvalue weighted by molar-refractivity contribution is -0.113. The summed E-state index contributed by atoms with van der Waals surface area (Å²) in [6.07, 6.45) is 0. The van der Waals surface area contributed by atoms with Gasteiger partial charge < -0.3 is 14.6 Å². The molecule has 0 spiro atoms. The Morgan fingerprint density at radius 3 is 2.82 bits per heavy atom. The minimum absolute atomic E-state index is 0.149. The molecule has 0 fully saturated rings. The summed E-state index contributed by atoms with van der Waals surface area (Å²) >= 11 is 10.7. The molecule has 0 bridgehead atoms. The Hall–Kier alpha value is -2.03. The fraction of sp³-hybridized carbons (Fsp3) is 0.211. The molecule has 0 aliphatic heterocycles. The molecule has 0 aliphatic rings. The largest absolute Gasteiger partial charge is 0.485 e. The molecule has 3 rings (SSSR count). The standard InChI is InChI=1S/C19H18BrClN4O2S/c1-12-5-3-4-6-16(12)27-10-17-23-24-19(25(17)2)28-11-18(26)22-13-7-8-14(20)15(21)9-13/h3-9H,10-11H2,1-2H3,(H,22,26). The molecule has 9 heteroatoms. The normalized spacial score (nSPS) is 10.7. The number of halogens is 2. The highest BCUT2D eigenvalue weighted by atomic mass is 79.9. The van der Waals surface area contributed by atoms with Crippen LogP contribution < -0.4 is 10.1 Å². The van der Waals surface area contributed by atoms with Gasteiger partial charge in [-0.2, -0.15) is 0 Å². The van der Waals surface area contributed by atoms with Crippen molar-refractivity contribution in [2.45, 2.75) is 18.7 Å². The molecule has 0 unspecified atom stereocenters. The molecule has 0 radical (unpaired) electrons. The van der Waals surface area contributed by atoms with Crippen LogP contribution in [0.25, 0.3) is 0 Å². The molecule has 2 aromatic carbocycles. The number of amides is 1. The molecule has 3 aromatic rings. The van der Waals surface area contributed by atoms with Crippen molar-refractivity contribution in [3.63, 3.8) is 0 Å². The summed E-state index contributed by atoms with van der Waals surface area (Å²) in [7, 11) is 1.85. The van der Waals surface area contributed by atoms with Crippen molar-refractivity contribution in [2.24, 2.45) is 7.05 Å². The highest BCUT2D eigenvalue weighted by molar-refractivity contribution is 9.10. The van der Waals surface area contributed by atoms with Gasteiger partial charge in [-0.1, -0.05) is 41.6 Å². The highest BCUT2D eigenvalue weighted by Gasteiger charge is 2.13. The van der Waals surface area contributed by atoms with Gasteiger partial charge in [0.25, 0.3) is 0 Å². The van der Waals surface area contributed by atoms with Crippen LogP contribution in [0.2, 0.25) is 5.02 Å². The third-order valence-electron chi connectivity index (χ3n) is 3.91. The first kappa shape index (κ1) is 20.7. The molecule has 1 heterocycles. The van der Waals surface area contributed by atoms with E-state index in [-0.39, 0.29) is 11.7 Å². The van der Waals surface area contributed by atoms with E-state index in [1.54, 1.807) is 18.2 Å². The fourth-order valence-electron chi connectivity index (χ4n) is 2.36. The van der Waals surface area contributed by atoms with Crippen molar-refractivity contribution >= 4 is 50.9 Å². The number of hydrogen-bond acceptors (Lipinski definition) is 5. The quantitative estimate of drug-likeness (QED) is 0.489. The van der Waals surface area contributed by atoms with E-state index in [0.29, 0.717) is 28.3 Å². The average molecular weight is 482 g/mol. The topological polar surface area (TPSA) is 69.0 Å². The van der Waals surface area contributed by atoms with Gasteiger partial charge >= 0.3 is 0 Å². The van der Waals surface area contributed by atoms with Crippen molar-refractivity contribution in [3.8, 4) is 5.75 Å². The number of aromatic nitrogens is 3. The van der Waals surface area contributed by atoms with Crippen LogP contribution >= 0.6 is 39.3 Å². The lowest BCUT2D eigenvalue weighted by Gasteiger charge is -2.09. The fourth-order valence-corrected chi connectivity index (χ4v) is 3.52. The molecular weight excluding hydrogens is 464 g/mol. The Labute approximate surface area is 180 Å². The average Bonchev–Trinajstić information content (AvgIpc) is 3.02. The van der Waals surface area contributed by atoms with Crippen molar-refractivity contribution in [1.82, 2.24) is 14.8 Å². The van der Waals surface area contributed by atoms with Gasteiger partial charge in [0.05, 0.1) is 10.8 Å². The third-order valence-corrected chi connectivity index (χ3v) is 6.16. The highest BCUT2D eigenvalue weighted by Crippen LogP contribution is 2.26. The zero-order chi connectivity index (χ0) is 20.1. The van der Waals surface area contributed by atoms with Crippen molar-refractivity contribution in [1.29, 1.82) is 0 Å². The predicted octanol–water partition coefficient (Wildman–Crippen LogP) is 4.85. The smallest absolute Gasteiger partial charge is 0.234 e. The maximum atomic E-state index is 12.2. The maximum absolute atomic E-state index is 12.2. The van der Waals surface area contributed by atoms with E-state index >= 15 is 0 Å². The molecule has 1 amide bonds. The van der Waals surface area contributed by atoms with Crippen LogP contribution in [-0.2, 0) is 18.4 Å². The van der Waals surface area contributed by atoms with Crippen LogP contribution in [0, 0.1) is 6.92 Å². The second-order valence-corrected chi connectivity index (χ2v) is 8.18. The lowest BCUT2D eigenvalue weighted by atomic mass is 10.2. The Morgan fingerprint density at radius 2 is 2.07 bits per heavy atom. The molecule has 0 saturated carbocycles. The van der Waals surface area contributed by atoms with E-state index in [0.717, 1.165) is 15.8 Å². The van der Waals surface area contributed by atoms with Gasteiger partial charge in [-0.25, -0.2) is 0 Å². The number of ether oxygens (including phenoxy) is 1. The van der Waals surface area contributed by atoms with Crippen molar-refractivity contribution in [3.05, 3.63) is 63.3 Å². The van der Waals surface area contributed by atoms with Gasteiger partial charge in [-0.05, 0) is 52.7 Å². The zero-order valence-corrected chi connectivity index (χ0v) is 18.4. The minimum Gasteiger partial charge on any atom is -0.485 e. The molecule has 0 saturated heterocycles. The number of benzene rings is 2. The van der Waals surface area contributed by atoms with E-state index < -0.39 is 0 Å². The van der Waals surface area contributed by atoms with Crippen LogP contribution in [0.3, 0.4) is 0 Å². The second kappa shape index (κ2) is 9.45. The Kier molecular flexibility index (Phi) is 6.98. The number of hydrogen-bond donors (Lipinski definition) is 1. The summed E-state index contributed by atoms with van der Waals surface area (Å²) in [6.45, 7) is 2.29. The van der Waals surface area contributed by atoms with Crippen LogP contribution in [0.1, 0.15) is 11.4 Å². The zero-order valence-electron chi connectivity index (χ0n) is 15.3. The number of thioether (sulfide) groups is 1. The molecule has 0 aliphatic carbocycles. The summed E-state index contributed by atoms with van der Waals surface area (Å²) < 4.78 is 8.42. The third kappa shape index (κ3) is 5.27. The minimum atomic E-state index is -0.149. The van der Waals surface area contributed by atoms with E-state index in [1.165, 1.54) is 11.8 Å². The van der Waals surface area contributed by atoms with Crippen LogP contribution in [0.15, 0.2) is 52.1 Å². The Balaban J connectivity index is 1.54. The Morgan fingerprint density at radius 1 is 1.29 bits per heavy atom. The number of rotatable bonds is 7. The number of carbonyl (C=O) groups is 1. The van der Waals surface area contributed by atoms with Gasteiger partial charge in [0.2, 0.25) is 5.91 Å². The van der Waals surface area contributed by atoms with Gasteiger partial charge in [0, 0.05) is 17.2 Å². The molecule has 1 N–H and O–H groups in total. The number of nitrogens with zero attached hydrogens (tertiary/aromatic N) is 3. The van der Waals surface area contributed by atoms with Crippen LogP contribution in [0.4, 0.5) is 5.69 Å². The van der Waals surface area contributed by atoms with Crippen molar-refractivity contribution in [2.75, 3.05) is 11.1 Å². The SMILES string of the molecule is Cc1ccccc1OCc1nnc(SCC(=O)Nc2ccc(Br)c(Cl)c2)n1C. The monoisotopic (exact) mass is 480 g/mol. The summed E-state index contributed by atoms with van der Waals surface area (Å²) in [5, 5.41) is 12.3. The van der Waals surface area contributed by atoms with Crippen molar-refractivity contribution < 1.29 is 9.53 Å². The lowest BCUT2D eigenvalue weighted by Crippen LogP contribution is -2.14. The van der Waals surface area contributed by atoms with Crippen LogP contribution in [-0.4, -0.2) is 26.4 Å². The summed E-state index contributed by atoms with van der Waals surface area (Å²) in [5.74, 6) is 1.56. The van der Waals surface area contributed by atoms with Gasteiger partial charge in [-0.15, -0.1) is 10.2 Å². The molecule has 146 valence electrons. The van der Waals surface area contributed by atoms with Crippen LogP contribution in [0.5, 0.6) is 5.75 Å². The predicted molar refractivity (Wildman–Crippen MR) is 115 cm³/mol. The van der Waals surface area contributed by atoms with E-state index in [9.17, 15) is 4.79 Å². The number of nitrogens with one attached hydrogen (secondary N) is 1. The first-order chi connectivity index (χ1) is 13.4. The summed E-state index contributed by atoms with van der Waals surface area (Å²) in [6, 6.07) is 13.1. The maximum Gasteiger partial charge on any atom is 0.234 e. The molecule has 6 nitrogen and oxygen atoms in total. The van der Waals surface area contributed by atoms with E-state index in [4.69, 9.17) is 16.3 Å². The summed E-state index contributed by atoms with van der Waals surface area (Å²) in [4.78, 5) is 12.2. The Bertz CT molecular complexity index is 996. The summed E-state index contributed by atoms with van der Waals surface area (Å²) in [5.41, 5.74) is 1.70. The van der Waals surface area contributed by atoms with E-state index in [2.05, 4.69) is 31.4 Å². The van der Waals surface area contributed by atoms with Gasteiger partial charge in [-0.3, -0.25) is 4.79 Å². The van der Waals surface area contributed by atoms with Gasteiger partial charge in [0.15, 0.2) is 11.0 Å². The number of carbonyl (C=O) groups excluding carboxylic acids is 1. The number of para-hydroxylation sites is 1. The molecule has 1 aromatic heterocycles. The number of anilines is 1.